The van der Waals surface area contributed by atoms with Crippen molar-refractivity contribution in [1.82, 2.24) is 14.3 Å². The quantitative estimate of drug-likeness (QED) is 0.757. The number of rotatable bonds is 2. The Morgan fingerprint density at radius 1 is 1.29 bits per heavy atom. The summed E-state index contributed by atoms with van der Waals surface area (Å²) >= 11 is 0. The van der Waals surface area contributed by atoms with Crippen LogP contribution >= 0.6 is 0 Å². The molecular formula is C15H15N3O3. The van der Waals surface area contributed by atoms with Gasteiger partial charge in [0.25, 0.3) is 0 Å². The molecule has 0 aliphatic rings. The van der Waals surface area contributed by atoms with Gasteiger partial charge in [-0.05, 0) is 19.1 Å². The van der Waals surface area contributed by atoms with Crippen molar-refractivity contribution >= 4 is 16.9 Å². The van der Waals surface area contributed by atoms with Crippen LogP contribution in [0.5, 0.6) is 5.75 Å². The molecule has 1 aromatic carbocycles. The first-order valence-corrected chi connectivity index (χ1v) is 6.46. The Balaban J connectivity index is 2.36. The maximum Gasteiger partial charge on any atom is 0.354 e. The van der Waals surface area contributed by atoms with Crippen LogP contribution in [0.25, 0.3) is 22.2 Å². The molecule has 0 aliphatic carbocycles. The minimum absolute atomic E-state index is 0.126. The fraction of sp³-hybridized carbons (Fsp3) is 0.200. The number of para-hydroxylation sites is 1. The average molecular weight is 285 g/mol. The number of nitrogens with zero attached hydrogens (tertiary/aromatic N) is 3. The molecule has 0 spiro atoms. The molecule has 0 radical (unpaired) electrons. The Bertz CT molecular complexity index is 874. The van der Waals surface area contributed by atoms with E-state index in [1.54, 1.807) is 25.2 Å². The van der Waals surface area contributed by atoms with E-state index in [0.29, 0.717) is 11.2 Å². The highest BCUT2D eigenvalue weighted by Crippen LogP contribution is 2.37. The number of phenolic OH excluding ortho intramolecular Hbond substituents is 1. The van der Waals surface area contributed by atoms with E-state index in [0.717, 1.165) is 16.6 Å². The predicted octanol–water partition coefficient (Wildman–Crippen LogP) is 2.29. The average Bonchev–Trinajstić information content (AvgIpc) is 2.90. The second-order valence-corrected chi connectivity index (χ2v) is 5.04. The summed E-state index contributed by atoms with van der Waals surface area (Å²) in [4.78, 5) is 11.2. The van der Waals surface area contributed by atoms with E-state index >= 15 is 0 Å². The number of aryl methyl sites for hydroxylation is 2. The van der Waals surface area contributed by atoms with Crippen LogP contribution in [0.4, 0.5) is 0 Å². The minimum Gasteiger partial charge on any atom is -0.506 e. The molecule has 2 N–H and O–H groups in total. The number of hydrogen-bond acceptors (Lipinski definition) is 3. The third kappa shape index (κ3) is 1.79. The number of aromatic hydroxyl groups is 1. The highest BCUT2D eigenvalue weighted by Gasteiger charge is 2.20. The molecule has 21 heavy (non-hydrogen) atoms. The smallest absolute Gasteiger partial charge is 0.354 e. The Morgan fingerprint density at radius 2 is 2.00 bits per heavy atom. The number of aromatic carboxylic acids is 1. The highest BCUT2D eigenvalue weighted by molar-refractivity contribution is 6.00. The molecule has 108 valence electrons. The van der Waals surface area contributed by atoms with E-state index in [4.69, 9.17) is 5.11 Å². The summed E-state index contributed by atoms with van der Waals surface area (Å²) in [7, 11) is 3.47. The van der Waals surface area contributed by atoms with Gasteiger partial charge >= 0.3 is 5.97 Å². The summed E-state index contributed by atoms with van der Waals surface area (Å²) < 4.78 is 3.23. The largest absolute Gasteiger partial charge is 0.506 e. The number of phenols is 1. The third-order valence-corrected chi connectivity index (χ3v) is 3.84. The van der Waals surface area contributed by atoms with Crippen molar-refractivity contribution in [2.24, 2.45) is 14.1 Å². The van der Waals surface area contributed by atoms with Crippen LogP contribution in [0.1, 0.15) is 16.2 Å². The summed E-state index contributed by atoms with van der Waals surface area (Å²) in [6, 6.07) is 6.84. The van der Waals surface area contributed by atoms with E-state index in [1.807, 2.05) is 24.6 Å². The SMILES string of the molecule is Cc1c(-c2cc(C(=O)O)n(C)n2)c2cccc(O)c2n1C. The molecule has 0 atom stereocenters. The van der Waals surface area contributed by atoms with E-state index in [9.17, 15) is 9.90 Å². The maximum atomic E-state index is 11.2. The molecular weight excluding hydrogens is 270 g/mol. The standard InChI is InChI=1S/C15H15N3O3/c1-8-13(10-7-11(15(20)21)18(3)16-10)9-5-4-6-12(19)14(9)17(8)2/h4-7,19H,1-3H3,(H,20,21). The third-order valence-electron chi connectivity index (χ3n) is 3.84. The van der Waals surface area contributed by atoms with Crippen LogP contribution in [-0.2, 0) is 14.1 Å². The molecule has 3 aromatic rings. The fourth-order valence-corrected chi connectivity index (χ4v) is 2.73. The molecule has 6 nitrogen and oxygen atoms in total. The van der Waals surface area contributed by atoms with Crippen molar-refractivity contribution in [3.05, 3.63) is 35.7 Å². The van der Waals surface area contributed by atoms with Crippen LogP contribution in [-0.4, -0.2) is 30.5 Å². The number of carboxylic acids is 1. The fourth-order valence-electron chi connectivity index (χ4n) is 2.73. The molecule has 2 aromatic heterocycles. The monoisotopic (exact) mass is 285 g/mol. The van der Waals surface area contributed by atoms with Gasteiger partial charge in [0, 0.05) is 30.7 Å². The molecule has 3 rings (SSSR count). The number of carbonyl (C=O) groups is 1. The van der Waals surface area contributed by atoms with Crippen LogP contribution in [0.2, 0.25) is 0 Å². The van der Waals surface area contributed by atoms with Crippen molar-refractivity contribution < 1.29 is 15.0 Å². The van der Waals surface area contributed by atoms with Gasteiger partial charge < -0.3 is 14.8 Å². The topological polar surface area (TPSA) is 80.3 Å². The number of aromatic nitrogens is 3. The Kier molecular flexibility index (Phi) is 2.76. The second-order valence-electron chi connectivity index (χ2n) is 5.04. The highest BCUT2D eigenvalue weighted by atomic mass is 16.4. The molecule has 0 fully saturated rings. The normalized spacial score (nSPS) is 11.2. The minimum atomic E-state index is -1.02. The van der Waals surface area contributed by atoms with Gasteiger partial charge in [0.2, 0.25) is 0 Å². The van der Waals surface area contributed by atoms with E-state index in [2.05, 4.69) is 5.10 Å². The summed E-state index contributed by atoms with van der Waals surface area (Å²) in [5.74, 6) is -0.823. The van der Waals surface area contributed by atoms with Crippen molar-refractivity contribution in [3.8, 4) is 17.0 Å². The molecule has 6 heteroatoms. The zero-order chi connectivity index (χ0) is 15.3. The summed E-state index contributed by atoms with van der Waals surface area (Å²) in [5.41, 5.74) is 3.19. The first kappa shape index (κ1) is 13.2. The van der Waals surface area contributed by atoms with Crippen molar-refractivity contribution in [2.75, 3.05) is 0 Å². The first-order valence-electron chi connectivity index (χ1n) is 6.46. The lowest BCUT2D eigenvalue weighted by Gasteiger charge is -2.00. The zero-order valence-electron chi connectivity index (χ0n) is 12.0. The van der Waals surface area contributed by atoms with Gasteiger partial charge in [-0.3, -0.25) is 4.68 Å². The molecule has 0 amide bonds. The van der Waals surface area contributed by atoms with Gasteiger partial charge in [-0.2, -0.15) is 5.10 Å². The number of hydrogen-bond donors (Lipinski definition) is 2. The second kappa shape index (κ2) is 4.37. The van der Waals surface area contributed by atoms with Gasteiger partial charge in [0.05, 0.1) is 11.2 Å². The van der Waals surface area contributed by atoms with Crippen LogP contribution in [0.15, 0.2) is 24.3 Å². The van der Waals surface area contributed by atoms with Crippen LogP contribution < -0.4 is 0 Å². The molecule has 2 heterocycles. The summed E-state index contributed by atoms with van der Waals surface area (Å²) in [6.45, 7) is 1.92. The molecule has 0 saturated heterocycles. The van der Waals surface area contributed by atoms with E-state index < -0.39 is 5.97 Å². The van der Waals surface area contributed by atoms with E-state index in [1.165, 1.54) is 4.68 Å². The van der Waals surface area contributed by atoms with Gasteiger partial charge in [0.15, 0.2) is 0 Å². The lowest BCUT2D eigenvalue weighted by molar-refractivity contribution is 0.0685. The van der Waals surface area contributed by atoms with E-state index in [-0.39, 0.29) is 11.4 Å². The summed E-state index contributed by atoms with van der Waals surface area (Å²) in [6.07, 6.45) is 0. The Morgan fingerprint density at radius 3 is 2.62 bits per heavy atom. The van der Waals surface area contributed by atoms with Gasteiger partial charge in [-0.1, -0.05) is 12.1 Å². The zero-order valence-corrected chi connectivity index (χ0v) is 12.0. The van der Waals surface area contributed by atoms with Gasteiger partial charge in [-0.25, -0.2) is 4.79 Å². The predicted molar refractivity (Wildman–Crippen MR) is 78.5 cm³/mol. The molecule has 0 unspecified atom stereocenters. The first-order chi connectivity index (χ1) is 9.91. The maximum absolute atomic E-state index is 11.2. The Labute approximate surface area is 120 Å². The van der Waals surface area contributed by atoms with Crippen LogP contribution in [0, 0.1) is 6.92 Å². The number of fused-ring (bicyclic) bond motifs is 1. The molecule has 0 aliphatic heterocycles. The van der Waals surface area contributed by atoms with Crippen molar-refractivity contribution in [1.29, 1.82) is 0 Å². The lowest BCUT2D eigenvalue weighted by atomic mass is 10.1. The van der Waals surface area contributed by atoms with Crippen LogP contribution in [0.3, 0.4) is 0 Å². The number of benzene rings is 1. The Hall–Kier alpha value is -2.76. The molecule has 0 saturated carbocycles. The lowest BCUT2D eigenvalue weighted by Crippen LogP contribution is -2.04. The van der Waals surface area contributed by atoms with Crippen molar-refractivity contribution in [2.45, 2.75) is 6.92 Å². The van der Waals surface area contributed by atoms with Crippen molar-refractivity contribution in [3.63, 3.8) is 0 Å². The molecule has 0 bridgehead atoms. The summed E-state index contributed by atoms with van der Waals surface area (Å²) in [5, 5.41) is 24.3. The van der Waals surface area contributed by atoms with Gasteiger partial charge in [-0.15, -0.1) is 0 Å². The van der Waals surface area contributed by atoms with Gasteiger partial charge in [0.1, 0.15) is 11.4 Å². The number of carboxylic acid groups (broad SMARTS) is 1.